The summed E-state index contributed by atoms with van der Waals surface area (Å²) in [4.78, 5) is 11.2. The summed E-state index contributed by atoms with van der Waals surface area (Å²) in [5, 5.41) is 9.69. The minimum Gasteiger partial charge on any atom is -0.505 e. The van der Waals surface area contributed by atoms with Gasteiger partial charge in [-0.25, -0.2) is 0 Å². The minimum absolute atomic E-state index is 0.0483. The second-order valence-corrected chi connectivity index (χ2v) is 4.17. The Morgan fingerprint density at radius 2 is 2.15 bits per heavy atom. The molecule has 0 atom stereocenters. The Kier molecular flexibility index (Phi) is 3.76. The Morgan fingerprint density at radius 1 is 1.54 bits per heavy atom. The van der Waals surface area contributed by atoms with Crippen LogP contribution in [0.15, 0.2) is 16.6 Å². The van der Waals surface area contributed by atoms with Crippen molar-refractivity contribution in [3.63, 3.8) is 0 Å². The van der Waals surface area contributed by atoms with Crippen LogP contribution in [-0.4, -0.2) is 16.2 Å². The topological polar surface area (TPSA) is 37.3 Å². The van der Waals surface area contributed by atoms with Gasteiger partial charge in [0.05, 0.1) is 14.8 Å². The molecule has 70 valence electrons. The van der Waals surface area contributed by atoms with Gasteiger partial charge in [-0.15, -0.1) is 0 Å². The fourth-order valence-corrected chi connectivity index (χ4v) is 1.92. The number of hydrogen-bond donors (Lipinski definition) is 1. The summed E-state index contributed by atoms with van der Waals surface area (Å²) in [6.45, 7) is 0. The lowest BCUT2D eigenvalue weighted by molar-refractivity contribution is 0.102. The largest absolute Gasteiger partial charge is 0.505 e. The number of hydrogen-bond acceptors (Lipinski definition) is 2. The standard InChI is InChI=1S/C8H5Br2ClO2/c9-3-7(12)4-1-5(10)8(13)6(11)2-4/h1-2,13H,3H2. The van der Waals surface area contributed by atoms with E-state index >= 15 is 0 Å². The number of alkyl halides is 1. The molecule has 0 aliphatic carbocycles. The van der Waals surface area contributed by atoms with Crippen LogP contribution >= 0.6 is 43.5 Å². The van der Waals surface area contributed by atoms with Crippen molar-refractivity contribution in [1.29, 1.82) is 0 Å². The second-order valence-electron chi connectivity index (χ2n) is 2.35. The van der Waals surface area contributed by atoms with Gasteiger partial charge < -0.3 is 5.11 Å². The fourth-order valence-electron chi connectivity index (χ4n) is 0.804. The van der Waals surface area contributed by atoms with Crippen molar-refractivity contribution in [2.45, 2.75) is 0 Å². The summed E-state index contributed by atoms with van der Waals surface area (Å²) in [5.41, 5.74) is 0.464. The van der Waals surface area contributed by atoms with Crippen LogP contribution in [0.1, 0.15) is 10.4 Å². The van der Waals surface area contributed by atoms with Crippen LogP contribution in [0.2, 0.25) is 5.02 Å². The number of phenols is 1. The lowest BCUT2D eigenvalue weighted by Crippen LogP contribution is -1.99. The molecule has 0 saturated carbocycles. The maximum absolute atomic E-state index is 11.2. The first-order chi connectivity index (χ1) is 6.06. The molecule has 1 aromatic rings. The van der Waals surface area contributed by atoms with Gasteiger partial charge in [-0.05, 0) is 28.1 Å². The first-order valence-electron chi connectivity index (χ1n) is 3.33. The number of aromatic hydroxyl groups is 1. The molecule has 0 bridgehead atoms. The van der Waals surface area contributed by atoms with Crippen LogP contribution in [0.5, 0.6) is 5.75 Å². The van der Waals surface area contributed by atoms with E-state index in [2.05, 4.69) is 31.9 Å². The molecule has 5 heteroatoms. The zero-order chi connectivity index (χ0) is 10.0. The van der Waals surface area contributed by atoms with Gasteiger partial charge in [0, 0.05) is 5.56 Å². The van der Waals surface area contributed by atoms with E-state index in [9.17, 15) is 9.90 Å². The predicted octanol–water partition coefficient (Wildman–Crippen LogP) is 3.39. The Bertz CT molecular complexity index is 329. The van der Waals surface area contributed by atoms with Crippen LogP contribution in [0.4, 0.5) is 0 Å². The summed E-state index contributed by atoms with van der Waals surface area (Å²) in [6.07, 6.45) is 0. The molecule has 0 amide bonds. The van der Waals surface area contributed by atoms with Crippen LogP contribution in [0, 0.1) is 0 Å². The molecule has 2 nitrogen and oxygen atoms in total. The van der Waals surface area contributed by atoms with Crippen molar-refractivity contribution in [1.82, 2.24) is 0 Å². The number of phenolic OH excluding ortho intramolecular Hbond substituents is 1. The number of halogens is 3. The van der Waals surface area contributed by atoms with Gasteiger partial charge in [-0.3, -0.25) is 4.79 Å². The molecule has 0 aliphatic heterocycles. The average Bonchev–Trinajstić information content (AvgIpc) is 2.12. The molecule has 1 aromatic carbocycles. The first-order valence-corrected chi connectivity index (χ1v) is 5.62. The Morgan fingerprint density at radius 3 is 2.62 bits per heavy atom. The van der Waals surface area contributed by atoms with E-state index in [1.165, 1.54) is 12.1 Å². The van der Waals surface area contributed by atoms with Gasteiger partial charge in [0.15, 0.2) is 5.78 Å². The normalized spacial score (nSPS) is 10.1. The van der Waals surface area contributed by atoms with Crippen molar-refractivity contribution in [2.75, 3.05) is 5.33 Å². The molecule has 13 heavy (non-hydrogen) atoms. The molecule has 0 spiro atoms. The molecule has 0 radical (unpaired) electrons. The average molecular weight is 328 g/mol. The van der Waals surface area contributed by atoms with E-state index in [1.807, 2.05) is 0 Å². The number of ketones is 1. The lowest BCUT2D eigenvalue weighted by Gasteiger charge is -2.02. The lowest BCUT2D eigenvalue weighted by atomic mass is 10.1. The van der Waals surface area contributed by atoms with Crippen LogP contribution in [0.25, 0.3) is 0 Å². The van der Waals surface area contributed by atoms with Crippen molar-refractivity contribution in [3.05, 3.63) is 27.2 Å². The second kappa shape index (κ2) is 4.44. The Labute approximate surface area is 97.2 Å². The van der Waals surface area contributed by atoms with E-state index in [1.54, 1.807) is 0 Å². The highest BCUT2D eigenvalue weighted by molar-refractivity contribution is 9.10. The predicted molar refractivity (Wildman–Crippen MR) is 58.9 cm³/mol. The van der Waals surface area contributed by atoms with E-state index in [4.69, 9.17) is 11.6 Å². The summed E-state index contributed by atoms with van der Waals surface area (Å²) in [6, 6.07) is 2.97. The highest BCUT2D eigenvalue weighted by Crippen LogP contribution is 2.33. The molecule has 0 aromatic heterocycles. The zero-order valence-electron chi connectivity index (χ0n) is 6.35. The molecular weight excluding hydrogens is 323 g/mol. The summed E-state index contributed by atoms with van der Waals surface area (Å²) in [7, 11) is 0. The molecule has 0 saturated heterocycles. The van der Waals surface area contributed by atoms with Crippen molar-refractivity contribution in [2.24, 2.45) is 0 Å². The van der Waals surface area contributed by atoms with Gasteiger partial charge in [-0.2, -0.15) is 0 Å². The van der Waals surface area contributed by atoms with Gasteiger partial charge in [0.25, 0.3) is 0 Å². The van der Waals surface area contributed by atoms with Gasteiger partial charge in [0.2, 0.25) is 0 Å². The molecule has 0 heterocycles. The molecule has 1 N–H and O–H groups in total. The third kappa shape index (κ3) is 2.45. The van der Waals surface area contributed by atoms with Crippen LogP contribution in [0.3, 0.4) is 0 Å². The summed E-state index contributed by atoms with van der Waals surface area (Å²) in [5.74, 6) is -0.129. The van der Waals surface area contributed by atoms with Crippen molar-refractivity contribution in [3.8, 4) is 5.75 Å². The number of Topliss-reactive ketones (excluding diaryl/α,β-unsaturated/α-hetero) is 1. The highest BCUT2D eigenvalue weighted by atomic mass is 79.9. The van der Waals surface area contributed by atoms with Crippen LogP contribution < -0.4 is 0 Å². The van der Waals surface area contributed by atoms with E-state index in [0.29, 0.717) is 10.0 Å². The summed E-state index contributed by atoms with van der Waals surface area (Å²) >= 11 is 11.8. The number of rotatable bonds is 2. The fraction of sp³-hybridized carbons (Fsp3) is 0.125. The molecule has 0 unspecified atom stereocenters. The number of benzene rings is 1. The smallest absolute Gasteiger partial charge is 0.173 e. The Hall–Kier alpha value is -0.0600. The number of carbonyl (C=O) groups excluding carboxylic acids is 1. The van der Waals surface area contributed by atoms with E-state index < -0.39 is 0 Å². The monoisotopic (exact) mass is 326 g/mol. The van der Waals surface area contributed by atoms with Crippen molar-refractivity contribution < 1.29 is 9.90 Å². The maximum atomic E-state index is 11.2. The zero-order valence-corrected chi connectivity index (χ0v) is 10.3. The van der Waals surface area contributed by atoms with E-state index in [-0.39, 0.29) is 21.9 Å². The third-order valence-electron chi connectivity index (χ3n) is 1.46. The Balaban J connectivity index is 3.20. The van der Waals surface area contributed by atoms with Gasteiger partial charge in [-0.1, -0.05) is 27.5 Å². The van der Waals surface area contributed by atoms with Gasteiger partial charge in [0.1, 0.15) is 5.75 Å². The van der Waals surface area contributed by atoms with Crippen LogP contribution in [-0.2, 0) is 0 Å². The number of carbonyl (C=O) groups is 1. The molecule has 0 fully saturated rings. The van der Waals surface area contributed by atoms with Crippen molar-refractivity contribution >= 4 is 49.2 Å². The SMILES string of the molecule is O=C(CBr)c1cc(Cl)c(O)c(Br)c1. The first kappa shape index (κ1) is 11.0. The molecule has 1 rings (SSSR count). The third-order valence-corrected chi connectivity index (χ3v) is 2.86. The highest BCUT2D eigenvalue weighted by Gasteiger charge is 2.10. The minimum atomic E-state index is -0.0809. The van der Waals surface area contributed by atoms with E-state index in [0.717, 1.165) is 0 Å². The molecular formula is C8H5Br2ClO2. The summed E-state index contributed by atoms with van der Waals surface area (Å²) < 4.78 is 0.421. The quantitative estimate of drug-likeness (QED) is 0.667. The molecule has 0 aliphatic rings. The van der Waals surface area contributed by atoms with Gasteiger partial charge >= 0.3 is 0 Å². The maximum Gasteiger partial charge on any atom is 0.173 e.